The molecule has 0 aliphatic carbocycles. The molecular formula is C30H34N2O5. The molecule has 0 aromatic heterocycles. The first kappa shape index (κ1) is 25.1. The van der Waals surface area contributed by atoms with Crippen LogP contribution in [-0.2, 0) is 11.2 Å². The molecule has 194 valence electrons. The van der Waals surface area contributed by atoms with E-state index in [-0.39, 0.29) is 12.3 Å². The number of hydrogen-bond donors (Lipinski definition) is 2. The molecule has 2 unspecified atom stereocenters. The minimum Gasteiger partial charge on any atom is -0.497 e. The third-order valence-electron chi connectivity index (χ3n) is 7.03. The summed E-state index contributed by atoms with van der Waals surface area (Å²) >= 11 is 0. The van der Waals surface area contributed by atoms with E-state index in [0.717, 1.165) is 48.4 Å². The smallest absolute Gasteiger partial charge is 0.224 e. The molecule has 5 rings (SSSR count). The van der Waals surface area contributed by atoms with Crippen LogP contribution in [0.5, 0.6) is 17.2 Å². The Hall–Kier alpha value is -3.55. The first-order valence-corrected chi connectivity index (χ1v) is 12.9. The monoisotopic (exact) mass is 502 g/mol. The van der Waals surface area contributed by atoms with Gasteiger partial charge in [0, 0.05) is 6.54 Å². The highest BCUT2D eigenvalue weighted by Crippen LogP contribution is 2.33. The fourth-order valence-corrected chi connectivity index (χ4v) is 4.99. The molecule has 2 atom stereocenters. The van der Waals surface area contributed by atoms with E-state index >= 15 is 0 Å². The van der Waals surface area contributed by atoms with Gasteiger partial charge in [0.05, 0.1) is 19.6 Å². The second kappa shape index (κ2) is 11.7. The Morgan fingerprint density at radius 3 is 2.27 bits per heavy atom. The van der Waals surface area contributed by atoms with Gasteiger partial charge in [0.2, 0.25) is 5.91 Å². The standard InChI is InChI=1S/C30H34N2O5/c1-35-25-11-8-23(9-12-25)22-6-4-21(5-7-22)18-29(33)31-26(20-32-14-2-3-15-32)30(34)24-10-13-27-28(19-24)37-17-16-36-27/h4-13,19,26,30,34H,2-3,14-18,20H2,1H3,(H,31,33). The van der Waals surface area contributed by atoms with Crippen molar-refractivity contribution in [1.82, 2.24) is 10.2 Å². The molecule has 2 aliphatic heterocycles. The number of benzene rings is 3. The van der Waals surface area contributed by atoms with Gasteiger partial charge in [-0.25, -0.2) is 0 Å². The summed E-state index contributed by atoms with van der Waals surface area (Å²) in [5.41, 5.74) is 3.79. The molecular weight excluding hydrogens is 468 g/mol. The number of nitrogens with one attached hydrogen (secondary N) is 1. The van der Waals surface area contributed by atoms with Gasteiger partial charge < -0.3 is 29.5 Å². The highest BCUT2D eigenvalue weighted by molar-refractivity contribution is 5.79. The molecule has 2 aliphatic rings. The molecule has 1 saturated heterocycles. The van der Waals surface area contributed by atoms with Crippen LogP contribution in [0.15, 0.2) is 66.7 Å². The van der Waals surface area contributed by atoms with Crippen LogP contribution in [0.25, 0.3) is 11.1 Å². The van der Waals surface area contributed by atoms with Gasteiger partial charge in [0.25, 0.3) is 0 Å². The van der Waals surface area contributed by atoms with Gasteiger partial charge in [-0.3, -0.25) is 4.79 Å². The molecule has 0 spiro atoms. The maximum absolute atomic E-state index is 13.1. The zero-order valence-corrected chi connectivity index (χ0v) is 21.2. The summed E-state index contributed by atoms with van der Waals surface area (Å²) in [6.07, 6.45) is 1.66. The van der Waals surface area contributed by atoms with Gasteiger partial charge in [-0.2, -0.15) is 0 Å². The fourth-order valence-electron chi connectivity index (χ4n) is 4.99. The number of hydrogen-bond acceptors (Lipinski definition) is 6. The van der Waals surface area contributed by atoms with Crippen LogP contribution in [0.4, 0.5) is 0 Å². The SMILES string of the molecule is COc1ccc(-c2ccc(CC(=O)NC(CN3CCCC3)C(O)c3ccc4c(c3)OCCO4)cc2)cc1. The van der Waals surface area contributed by atoms with Crippen molar-refractivity contribution in [2.24, 2.45) is 0 Å². The van der Waals surface area contributed by atoms with E-state index in [1.54, 1.807) is 7.11 Å². The van der Waals surface area contributed by atoms with Crippen LogP contribution < -0.4 is 19.5 Å². The van der Waals surface area contributed by atoms with E-state index in [1.807, 2.05) is 66.7 Å². The van der Waals surface area contributed by atoms with E-state index in [9.17, 15) is 9.90 Å². The van der Waals surface area contributed by atoms with E-state index in [4.69, 9.17) is 14.2 Å². The van der Waals surface area contributed by atoms with Crippen LogP contribution in [0, 0.1) is 0 Å². The first-order valence-electron chi connectivity index (χ1n) is 12.9. The minimum absolute atomic E-state index is 0.113. The lowest BCUT2D eigenvalue weighted by molar-refractivity contribution is -0.122. The Morgan fingerprint density at radius 1 is 0.946 bits per heavy atom. The molecule has 3 aromatic rings. The number of amides is 1. The molecule has 0 bridgehead atoms. The number of aliphatic hydroxyl groups is 1. The van der Waals surface area contributed by atoms with Crippen molar-refractivity contribution < 1.29 is 24.1 Å². The van der Waals surface area contributed by atoms with E-state index in [2.05, 4.69) is 10.2 Å². The van der Waals surface area contributed by atoms with Crippen molar-refractivity contribution in [3.05, 3.63) is 77.9 Å². The van der Waals surface area contributed by atoms with E-state index in [0.29, 0.717) is 36.8 Å². The molecule has 2 N–H and O–H groups in total. The number of ether oxygens (including phenoxy) is 3. The Labute approximate surface area is 218 Å². The van der Waals surface area contributed by atoms with Crippen molar-refractivity contribution in [3.8, 4) is 28.4 Å². The average Bonchev–Trinajstić information content (AvgIpc) is 3.46. The molecule has 37 heavy (non-hydrogen) atoms. The highest BCUT2D eigenvalue weighted by atomic mass is 16.6. The Kier molecular flexibility index (Phi) is 7.92. The highest BCUT2D eigenvalue weighted by Gasteiger charge is 2.28. The maximum atomic E-state index is 13.1. The fraction of sp³-hybridized carbons (Fsp3) is 0.367. The molecule has 2 heterocycles. The second-order valence-electron chi connectivity index (χ2n) is 9.63. The normalized spacial score (nSPS) is 16.7. The zero-order chi connectivity index (χ0) is 25.6. The van der Waals surface area contributed by atoms with Crippen LogP contribution in [0.1, 0.15) is 30.1 Å². The van der Waals surface area contributed by atoms with Gasteiger partial charge in [-0.05, 0) is 72.5 Å². The second-order valence-corrected chi connectivity index (χ2v) is 9.63. The molecule has 7 nitrogen and oxygen atoms in total. The largest absolute Gasteiger partial charge is 0.497 e. The number of methoxy groups -OCH3 is 1. The molecule has 0 saturated carbocycles. The number of rotatable bonds is 9. The molecule has 1 fully saturated rings. The third-order valence-corrected chi connectivity index (χ3v) is 7.03. The van der Waals surface area contributed by atoms with Crippen molar-refractivity contribution >= 4 is 5.91 Å². The van der Waals surface area contributed by atoms with Crippen LogP contribution in [0.2, 0.25) is 0 Å². The Bertz CT molecular complexity index is 1190. The average molecular weight is 503 g/mol. The third kappa shape index (κ3) is 6.24. The molecule has 0 radical (unpaired) electrons. The number of likely N-dealkylation sites (tertiary alicyclic amines) is 1. The van der Waals surface area contributed by atoms with E-state index in [1.165, 1.54) is 0 Å². The Balaban J connectivity index is 1.26. The lowest BCUT2D eigenvalue weighted by Crippen LogP contribution is -2.47. The number of aliphatic hydroxyl groups excluding tert-OH is 1. The number of nitrogens with zero attached hydrogens (tertiary/aromatic N) is 1. The van der Waals surface area contributed by atoms with Crippen LogP contribution in [-0.4, -0.2) is 61.9 Å². The van der Waals surface area contributed by atoms with Crippen molar-refractivity contribution in [3.63, 3.8) is 0 Å². The quantitative estimate of drug-likeness (QED) is 0.461. The van der Waals surface area contributed by atoms with Crippen molar-refractivity contribution in [2.75, 3.05) is 40.0 Å². The summed E-state index contributed by atoms with van der Waals surface area (Å²) in [5.74, 6) is 2.02. The summed E-state index contributed by atoms with van der Waals surface area (Å²) in [5, 5.41) is 14.4. The van der Waals surface area contributed by atoms with Crippen LogP contribution >= 0.6 is 0 Å². The zero-order valence-electron chi connectivity index (χ0n) is 21.2. The summed E-state index contributed by atoms with van der Waals surface area (Å²) < 4.78 is 16.5. The lowest BCUT2D eigenvalue weighted by atomic mass is 10.00. The minimum atomic E-state index is -0.863. The lowest BCUT2D eigenvalue weighted by Gasteiger charge is -2.29. The molecule has 7 heteroatoms. The van der Waals surface area contributed by atoms with Crippen molar-refractivity contribution in [1.29, 1.82) is 0 Å². The van der Waals surface area contributed by atoms with Crippen LogP contribution in [0.3, 0.4) is 0 Å². The number of carbonyl (C=O) groups excluding carboxylic acids is 1. The van der Waals surface area contributed by atoms with Gasteiger partial charge in [0.15, 0.2) is 11.5 Å². The predicted octanol–water partition coefficient (Wildman–Crippen LogP) is 3.99. The Morgan fingerprint density at radius 2 is 1.59 bits per heavy atom. The maximum Gasteiger partial charge on any atom is 0.224 e. The van der Waals surface area contributed by atoms with Crippen molar-refractivity contribution in [2.45, 2.75) is 31.4 Å². The van der Waals surface area contributed by atoms with Gasteiger partial charge in [0.1, 0.15) is 25.1 Å². The van der Waals surface area contributed by atoms with Gasteiger partial charge in [-0.1, -0.05) is 42.5 Å². The first-order chi connectivity index (χ1) is 18.1. The summed E-state index contributed by atoms with van der Waals surface area (Å²) in [6.45, 7) is 3.55. The predicted molar refractivity (Wildman–Crippen MR) is 142 cm³/mol. The topological polar surface area (TPSA) is 80.3 Å². The van der Waals surface area contributed by atoms with Gasteiger partial charge >= 0.3 is 0 Å². The molecule has 1 amide bonds. The van der Waals surface area contributed by atoms with E-state index < -0.39 is 12.1 Å². The summed E-state index contributed by atoms with van der Waals surface area (Å²) in [7, 11) is 1.65. The summed E-state index contributed by atoms with van der Waals surface area (Å²) in [4.78, 5) is 15.4. The molecule has 3 aromatic carbocycles. The number of carbonyl (C=O) groups is 1. The summed E-state index contributed by atoms with van der Waals surface area (Å²) in [6, 6.07) is 21.0. The van der Waals surface area contributed by atoms with Gasteiger partial charge in [-0.15, -0.1) is 0 Å². The number of fused-ring (bicyclic) bond motifs is 1.